The van der Waals surface area contributed by atoms with E-state index in [1.54, 1.807) is 0 Å². The second-order valence-corrected chi connectivity index (χ2v) is 4.10. The van der Waals surface area contributed by atoms with Gasteiger partial charge in [-0.05, 0) is 38.3 Å². The van der Waals surface area contributed by atoms with Crippen molar-refractivity contribution in [3.63, 3.8) is 0 Å². The number of aliphatic hydroxyl groups is 1. The van der Waals surface area contributed by atoms with Gasteiger partial charge in [0.05, 0.1) is 0 Å². The number of hydrogen-bond acceptors (Lipinski definition) is 1. The van der Waals surface area contributed by atoms with Crippen molar-refractivity contribution >= 4 is 0 Å². The molecule has 1 atom stereocenters. The van der Waals surface area contributed by atoms with E-state index in [4.69, 9.17) is 5.11 Å². The van der Waals surface area contributed by atoms with Crippen LogP contribution >= 0.6 is 0 Å². The largest absolute Gasteiger partial charge is 0.396 e. The van der Waals surface area contributed by atoms with Crippen molar-refractivity contribution in [3.8, 4) is 0 Å². The SMILES string of the molecule is Cc1cc2n(c1C)CC(CO)CC2. The maximum Gasteiger partial charge on any atom is 0.0476 e. The third-order valence-electron chi connectivity index (χ3n) is 3.21. The fourth-order valence-corrected chi connectivity index (χ4v) is 2.17. The van der Waals surface area contributed by atoms with E-state index in [-0.39, 0.29) is 0 Å². The molecule has 0 aromatic carbocycles. The van der Waals surface area contributed by atoms with E-state index in [0.717, 1.165) is 19.4 Å². The molecule has 1 aliphatic heterocycles. The lowest BCUT2D eigenvalue weighted by Crippen LogP contribution is -2.23. The molecular weight excluding hydrogens is 162 g/mol. The minimum atomic E-state index is 0.329. The maximum atomic E-state index is 9.10. The number of aliphatic hydroxyl groups excluding tert-OH is 1. The number of fused-ring (bicyclic) bond motifs is 1. The lowest BCUT2D eigenvalue weighted by Gasteiger charge is -2.24. The van der Waals surface area contributed by atoms with Crippen LogP contribution in [-0.4, -0.2) is 16.3 Å². The van der Waals surface area contributed by atoms with Gasteiger partial charge in [0, 0.05) is 30.5 Å². The summed E-state index contributed by atoms with van der Waals surface area (Å²) in [6.45, 7) is 5.66. The molecule has 1 aliphatic rings. The van der Waals surface area contributed by atoms with Crippen molar-refractivity contribution in [1.82, 2.24) is 4.57 Å². The molecule has 2 heteroatoms. The Bertz CT molecular complexity index is 314. The van der Waals surface area contributed by atoms with Crippen molar-refractivity contribution in [2.75, 3.05) is 6.61 Å². The van der Waals surface area contributed by atoms with Crippen molar-refractivity contribution < 1.29 is 5.11 Å². The molecule has 0 fully saturated rings. The summed E-state index contributed by atoms with van der Waals surface area (Å²) in [4.78, 5) is 0. The third-order valence-corrected chi connectivity index (χ3v) is 3.21. The van der Waals surface area contributed by atoms with Gasteiger partial charge in [-0.2, -0.15) is 0 Å². The van der Waals surface area contributed by atoms with Crippen molar-refractivity contribution in [2.45, 2.75) is 33.2 Å². The van der Waals surface area contributed by atoms with Gasteiger partial charge in [0.1, 0.15) is 0 Å². The molecule has 1 aromatic rings. The van der Waals surface area contributed by atoms with Crippen molar-refractivity contribution in [2.24, 2.45) is 5.92 Å². The number of rotatable bonds is 1. The predicted octanol–water partition coefficient (Wildman–Crippen LogP) is 1.66. The van der Waals surface area contributed by atoms with Gasteiger partial charge in [0.25, 0.3) is 0 Å². The van der Waals surface area contributed by atoms with Crippen LogP contribution in [0.4, 0.5) is 0 Å². The molecular formula is C11H17NO. The first-order valence-electron chi connectivity index (χ1n) is 4.99. The fraction of sp³-hybridized carbons (Fsp3) is 0.636. The summed E-state index contributed by atoms with van der Waals surface area (Å²) in [6, 6.07) is 2.28. The van der Waals surface area contributed by atoms with Gasteiger partial charge in [-0.15, -0.1) is 0 Å². The molecule has 0 amide bonds. The first-order chi connectivity index (χ1) is 6.22. The summed E-state index contributed by atoms with van der Waals surface area (Å²) in [6.07, 6.45) is 2.26. The second kappa shape index (κ2) is 3.18. The summed E-state index contributed by atoms with van der Waals surface area (Å²) in [5, 5.41) is 9.10. The van der Waals surface area contributed by atoms with Crippen LogP contribution < -0.4 is 0 Å². The monoisotopic (exact) mass is 179 g/mol. The zero-order chi connectivity index (χ0) is 9.42. The highest BCUT2D eigenvalue weighted by atomic mass is 16.3. The molecule has 2 rings (SSSR count). The first-order valence-corrected chi connectivity index (χ1v) is 4.99. The molecule has 0 saturated heterocycles. The smallest absolute Gasteiger partial charge is 0.0476 e. The lowest BCUT2D eigenvalue weighted by atomic mass is 9.99. The summed E-state index contributed by atoms with van der Waals surface area (Å²) in [7, 11) is 0. The topological polar surface area (TPSA) is 25.2 Å². The Balaban J connectivity index is 2.32. The lowest BCUT2D eigenvalue weighted by molar-refractivity contribution is 0.191. The van der Waals surface area contributed by atoms with Gasteiger partial charge in [0.15, 0.2) is 0 Å². The van der Waals surface area contributed by atoms with Crippen LogP contribution in [0.1, 0.15) is 23.4 Å². The molecule has 2 nitrogen and oxygen atoms in total. The third kappa shape index (κ3) is 1.39. The van der Waals surface area contributed by atoms with Gasteiger partial charge in [-0.3, -0.25) is 0 Å². The molecule has 72 valence electrons. The van der Waals surface area contributed by atoms with Crippen LogP contribution in [0.2, 0.25) is 0 Å². The van der Waals surface area contributed by atoms with Crippen LogP contribution in [0.3, 0.4) is 0 Å². The van der Waals surface area contributed by atoms with Gasteiger partial charge >= 0.3 is 0 Å². The van der Waals surface area contributed by atoms with Gasteiger partial charge < -0.3 is 9.67 Å². The quantitative estimate of drug-likeness (QED) is 0.697. The average molecular weight is 179 g/mol. The zero-order valence-corrected chi connectivity index (χ0v) is 8.38. The van der Waals surface area contributed by atoms with E-state index in [9.17, 15) is 0 Å². The first kappa shape index (κ1) is 8.82. The minimum absolute atomic E-state index is 0.329. The Morgan fingerprint density at radius 3 is 3.00 bits per heavy atom. The Hall–Kier alpha value is -0.760. The molecule has 1 unspecified atom stereocenters. The molecule has 1 N–H and O–H groups in total. The fourth-order valence-electron chi connectivity index (χ4n) is 2.17. The highest BCUT2D eigenvalue weighted by Gasteiger charge is 2.19. The zero-order valence-electron chi connectivity index (χ0n) is 8.38. The van der Waals surface area contributed by atoms with Gasteiger partial charge in [0.2, 0.25) is 0 Å². The summed E-state index contributed by atoms with van der Waals surface area (Å²) in [5.74, 6) is 0.470. The minimum Gasteiger partial charge on any atom is -0.396 e. The summed E-state index contributed by atoms with van der Waals surface area (Å²) in [5.41, 5.74) is 4.20. The van der Waals surface area contributed by atoms with E-state index in [0.29, 0.717) is 12.5 Å². The number of aryl methyl sites for hydroxylation is 2. The standard InChI is InChI=1S/C11H17NO/c1-8-5-11-4-3-10(7-13)6-12(11)9(8)2/h5,10,13H,3-4,6-7H2,1-2H3. The number of aromatic nitrogens is 1. The van der Waals surface area contributed by atoms with Crippen LogP contribution in [0.5, 0.6) is 0 Å². The summed E-state index contributed by atoms with van der Waals surface area (Å²) >= 11 is 0. The van der Waals surface area contributed by atoms with E-state index in [1.807, 2.05) is 0 Å². The molecule has 0 saturated carbocycles. The van der Waals surface area contributed by atoms with E-state index in [2.05, 4.69) is 24.5 Å². The van der Waals surface area contributed by atoms with Gasteiger partial charge in [-0.25, -0.2) is 0 Å². The van der Waals surface area contributed by atoms with Gasteiger partial charge in [-0.1, -0.05) is 0 Å². The highest BCUT2D eigenvalue weighted by Crippen LogP contribution is 2.24. The molecule has 1 aromatic heterocycles. The van der Waals surface area contributed by atoms with Crippen LogP contribution in [0.15, 0.2) is 6.07 Å². The van der Waals surface area contributed by atoms with Crippen LogP contribution in [0, 0.1) is 19.8 Å². The van der Waals surface area contributed by atoms with E-state index >= 15 is 0 Å². The molecule has 0 aliphatic carbocycles. The molecule has 0 spiro atoms. The Labute approximate surface area is 79.2 Å². The highest BCUT2D eigenvalue weighted by molar-refractivity contribution is 5.27. The molecule has 0 radical (unpaired) electrons. The Kier molecular flexibility index (Phi) is 2.16. The average Bonchev–Trinajstić information content (AvgIpc) is 2.43. The maximum absolute atomic E-state index is 9.10. The number of hydrogen-bond donors (Lipinski definition) is 1. The normalized spacial score (nSPS) is 21.6. The van der Waals surface area contributed by atoms with Crippen LogP contribution in [-0.2, 0) is 13.0 Å². The molecule has 13 heavy (non-hydrogen) atoms. The van der Waals surface area contributed by atoms with E-state index < -0.39 is 0 Å². The van der Waals surface area contributed by atoms with E-state index in [1.165, 1.54) is 17.0 Å². The summed E-state index contributed by atoms with van der Waals surface area (Å²) < 4.78 is 2.36. The second-order valence-electron chi connectivity index (χ2n) is 4.10. The van der Waals surface area contributed by atoms with Crippen molar-refractivity contribution in [1.29, 1.82) is 0 Å². The molecule has 0 bridgehead atoms. The molecule has 2 heterocycles. The Morgan fingerprint density at radius 1 is 1.54 bits per heavy atom. The number of nitrogens with zero attached hydrogens (tertiary/aromatic N) is 1. The Morgan fingerprint density at radius 2 is 2.31 bits per heavy atom. The van der Waals surface area contributed by atoms with Crippen LogP contribution in [0.25, 0.3) is 0 Å². The van der Waals surface area contributed by atoms with Crippen molar-refractivity contribution in [3.05, 3.63) is 23.0 Å². The predicted molar refractivity (Wildman–Crippen MR) is 52.8 cm³/mol.